The molecule has 0 saturated carbocycles. The Labute approximate surface area is 150 Å². The fourth-order valence-electron chi connectivity index (χ4n) is 3.60. The number of likely N-dealkylation sites (tertiary alicyclic amines) is 1. The molecule has 1 aromatic carbocycles. The summed E-state index contributed by atoms with van der Waals surface area (Å²) in [5.74, 6) is 0.933. The van der Waals surface area contributed by atoms with Crippen molar-refractivity contribution < 1.29 is 13.6 Å². The summed E-state index contributed by atoms with van der Waals surface area (Å²) in [4.78, 5) is 18.9. The summed E-state index contributed by atoms with van der Waals surface area (Å²) in [6.45, 7) is 4.84. The number of hydrogen-bond acceptors (Lipinski definition) is 3. The smallest absolute Gasteiger partial charge is 0.321 e. The van der Waals surface area contributed by atoms with Gasteiger partial charge in [0, 0.05) is 13.1 Å². The SMILES string of the molecule is CC1CC(C)CN(C(=O)C(C)Sc2nc3ccccc3n2C(F)F)C1. The molecule has 0 aliphatic carbocycles. The summed E-state index contributed by atoms with van der Waals surface area (Å²) in [6, 6.07) is 6.81. The van der Waals surface area contributed by atoms with Gasteiger partial charge in [0.25, 0.3) is 0 Å². The predicted octanol–water partition coefficient (Wildman–Crippen LogP) is 4.42. The zero-order valence-corrected chi connectivity index (χ0v) is 15.5. The Morgan fingerprint density at radius 3 is 2.52 bits per heavy atom. The number of amides is 1. The fraction of sp³-hybridized carbons (Fsp3) is 0.556. The van der Waals surface area contributed by atoms with Crippen LogP contribution in [0.2, 0.25) is 0 Å². The van der Waals surface area contributed by atoms with Crippen LogP contribution in [0, 0.1) is 11.8 Å². The van der Waals surface area contributed by atoms with E-state index in [1.165, 1.54) is 0 Å². The number of nitrogens with zero attached hydrogens (tertiary/aromatic N) is 3. The van der Waals surface area contributed by atoms with E-state index in [-0.39, 0.29) is 11.1 Å². The van der Waals surface area contributed by atoms with Crippen LogP contribution >= 0.6 is 11.8 Å². The summed E-state index contributed by atoms with van der Waals surface area (Å²) in [7, 11) is 0. The molecule has 1 aliphatic heterocycles. The molecule has 1 saturated heterocycles. The lowest BCUT2D eigenvalue weighted by Crippen LogP contribution is -2.45. The number of piperidine rings is 1. The molecule has 2 heterocycles. The number of carbonyl (C=O) groups excluding carboxylic acids is 1. The Bertz CT molecular complexity index is 754. The molecule has 7 heteroatoms. The van der Waals surface area contributed by atoms with Crippen molar-refractivity contribution in [3.05, 3.63) is 24.3 Å². The van der Waals surface area contributed by atoms with Crippen molar-refractivity contribution in [3.8, 4) is 0 Å². The Kier molecular flexibility index (Phi) is 5.32. The lowest BCUT2D eigenvalue weighted by atomic mass is 9.92. The maximum atomic E-state index is 13.5. The first kappa shape index (κ1) is 18.2. The molecular weight excluding hydrogens is 344 g/mol. The molecule has 0 N–H and O–H groups in total. The Hall–Kier alpha value is -1.63. The molecular formula is C18H23F2N3OS. The van der Waals surface area contributed by atoms with Crippen LogP contribution in [0.1, 0.15) is 33.7 Å². The highest BCUT2D eigenvalue weighted by Gasteiger charge is 2.30. The molecule has 1 fully saturated rings. The lowest BCUT2D eigenvalue weighted by molar-refractivity contribution is -0.132. The molecule has 3 rings (SSSR count). The monoisotopic (exact) mass is 367 g/mol. The minimum Gasteiger partial charge on any atom is -0.341 e. The minimum atomic E-state index is -2.69. The molecule has 3 atom stereocenters. The molecule has 1 amide bonds. The van der Waals surface area contributed by atoms with E-state index in [1.54, 1.807) is 31.2 Å². The third-order valence-electron chi connectivity index (χ3n) is 4.57. The van der Waals surface area contributed by atoms with E-state index in [0.717, 1.165) is 35.8 Å². The third kappa shape index (κ3) is 3.81. The average Bonchev–Trinajstić information content (AvgIpc) is 2.91. The molecule has 25 heavy (non-hydrogen) atoms. The van der Waals surface area contributed by atoms with Gasteiger partial charge < -0.3 is 4.90 Å². The number of rotatable bonds is 4. The Morgan fingerprint density at radius 2 is 1.88 bits per heavy atom. The van der Waals surface area contributed by atoms with Crippen molar-refractivity contribution in [3.63, 3.8) is 0 Å². The van der Waals surface area contributed by atoms with E-state index >= 15 is 0 Å². The topological polar surface area (TPSA) is 38.1 Å². The normalized spacial score (nSPS) is 22.6. The molecule has 2 aromatic rings. The second kappa shape index (κ2) is 7.32. The molecule has 4 nitrogen and oxygen atoms in total. The van der Waals surface area contributed by atoms with Gasteiger partial charge >= 0.3 is 6.55 Å². The van der Waals surface area contributed by atoms with E-state index in [2.05, 4.69) is 18.8 Å². The number of imidazole rings is 1. The standard InChI is InChI=1S/C18H23F2N3OS/c1-11-8-12(2)10-22(9-11)16(24)13(3)25-18-21-14-6-4-5-7-15(14)23(18)17(19)20/h4-7,11-13,17H,8-10H2,1-3H3. The number of fused-ring (bicyclic) bond motifs is 1. The van der Waals surface area contributed by atoms with Crippen molar-refractivity contribution in [1.29, 1.82) is 0 Å². The number of halogens is 2. The summed E-state index contributed by atoms with van der Waals surface area (Å²) in [5, 5.41) is -0.262. The van der Waals surface area contributed by atoms with Crippen molar-refractivity contribution in [2.75, 3.05) is 13.1 Å². The first-order valence-corrected chi connectivity index (χ1v) is 9.45. The number of para-hydroxylation sites is 2. The number of carbonyl (C=O) groups is 1. The van der Waals surface area contributed by atoms with Crippen LogP contribution in [0.4, 0.5) is 8.78 Å². The maximum Gasteiger partial charge on any atom is 0.321 e. The second-order valence-electron chi connectivity index (χ2n) is 6.98. The minimum absolute atomic E-state index is 0.00345. The molecule has 0 spiro atoms. The number of benzene rings is 1. The molecule has 0 bridgehead atoms. The summed E-state index contributed by atoms with van der Waals surface area (Å²) in [6.07, 6.45) is 1.12. The Morgan fingerprint density at radius 1 is 1.24 bits per heavy atom. The van der Waals surface area contributed by atoms with E-state index in [1.807, 2.05) is 4.90 Å². The first-order valence-electron chi connectivity index (χ1n) is 8.57. The van der Waals surface area contributed by atoms with Crippen LogP contribution in [0.15, 0.2) is 29.4 Å². The van der Waals surface area contributed by atoms with Crippen LogP contribution in [-0.2, 0) is 4.79 Å². The van der Waals surface area contributed by atoms with Gasteiger partial charge in [-0.3, -0.25) is 9.36 Å². The first-order chi connectivity index (χ1) is 11.9. The quantitative estimate of drug-likeness (QED) is 0.751. The van der Waals surface area contributed by atoms with E-state index in [9.17, 15) is 13.6 Å². The van der Waals surface area contributed by atoms with Gasteiger partial charge in [-0.1, -0.05) is 37.7 Å². The predicted molar refractivity (Wildman–Crippen MR) is 95.8 cm³/mol. The number of hydrogen-bond donors (Lipinski definition) is 0. The van der Waals surface area contributed by atoms with Crippen LogP contribution in [0.3, 0.4) is 0 Å². The molecule has 136 valence electrons. The van der Waals surface area contributed by atoms with Crippen LogP contribution < -0.4 is 0 Å². The molecule has 0 radical (unpaired) electrons. The van der Waals surface area contributed by atoms with E-state index in [4.69, 9.17) is 0 Å². The van der Waals surface area contributed by atoms with Gasteiger partial charge in [-0.2, -0.15) is 8.78 Å². The number of thioether (sulfide) groups is 1. The summed E-state index contributed by atoms with van der Waals surface area (Å²) < 4.78 is 27.9. The van der Waals surface area contributed by atoms with E-state index < -0.39 is 11.8 Å². The van der Waals surface area contributed by atoms with Gasteiger partial charge in [0.1, 0.15) is 0 Å². The van der Waals surface area contributed by atoms with Crippen LogP contribution in [0.5, 0.6) is 0 Å². The highest BCUT2D eigenvalue weighted by Crippen LogP contribution is 2.32. The number of alkyl halides is 2. The average molecular weight is 367 g/mol. The van der Waals surface area contributed by atoms with Crippen LogP contribution in [0.25, 0.3) is 11.0 Å². The van der Waals surface area contributed by atoms with Gasteiger partial charge in [0.05, 0.1) is 16.3 Å². The zero-order valence-electron chi connectivity index (χ0n) is 14.7. The molecule has 1 aliphatic rings. The fourth-order valence-corrected chi connectivity index (χ4v) is 4.61. The Balaban J connectivity index is 1.81. The second-order valence-corrected chi connectivity index (χ2v) is 8.29. The largest absolute Gasteiger partial charge is 0.341 e. The lowest BCUT2D eigenvalue weighted by Gasteiger charge is -2.36. The van der Waals surface area contributed by atoms with Gasteiger partial charge in [0.2, 0.25) is 5.91 Å². The molecule has 3 unspecified atom stereocenters. The summed E-state index contributed by atoms with van der Waals surface area (Å²) >= 11 is 1.11. The van der Waals surface area contributed by atoms with Gasteiger partial charge in [-0.05, 0) is 37.3 Å². The maximum absolute atomic E-state index is 13.5. The van der Waals surface area contributed by atoms with Crippen LogP contribution in [-0.4, -0.2) is 38.7 Å². The third-order valence-corrected chi connectivity index (χ3v) is 5.62. The molecule has 1 aromatic heterocycles. The van der Waals surface area contributed by atoms with E-state index in [0.29, 0.717) is 22.9 Å². The van der Waals surface area contributed by atoms with Gasteiger partial charge in [-0.15, -0.1) is 0 Å². The highest BCUT2D eigenvalue weighted by atomic mass is 32.2. The van der Waals surface area contributed by atoms with Crippen molar-refractivity contribution >= 4 is 28.7 Å². The summed E-state index contributed by atoms with van der Waals surface area (Å²) in [5.41, 5.74) is 0.907. The highest BCUT2D eigenvalue weighted by molar-refractivity contribution is 8.00. The van der Waals surface area contributed by atoms with Crippen molar-refractivity contribution in [1.82, 2.24) is 14.5 Å². The number of aromatic nitrogens is 2. The van der Waals surface area contributed by atoms with Crippen molar-refractivity contribution in [2.45, 2.75) is 44.1 Å². The van der Waals surface area contributed by atoms with Gasteiger partial charge in [0.15, 0.2) is 5.16 Å². The van der Waals surface area contributed by atoms with Crippen molar-refractivity contribution in [2.24, 2.45) is 11.8 Å². The van der Waals surface area contributed by atoms with Gasteiger partial charge in [-0.25, -0.2) is 4.98 Å². The zero-order chi connectivity index (χ0) is 18.1.